The Bertz CT molecular complexity index is 1020. The molecule has 0 aliphatic rings. The Kier molecular flexibility index (Phi) is 4.87. The Morgan fingerprint density at radius 2 is 2.19 bits per heavy atom. The van der Waals surface area contributed by atoms with Gasteiger partial charge in [0, 0.05) is 5.56 Å². The van der Waals surface area contributed by atoms with Crippen molar-refractivity contribution in [1.29, 1.82) is 5.26 Å². The number of hydrogen-bond donors (Lipinski definition) is 2. The minimum absolute atomic E-state index is 0.0506. The first-order valence-electron chi connectivity index (χ1n) is 7.66. The van der Waals surface area contributed by atoms with E-state index in [1.54, 1.807) is 24.6 Å². The smallest absolute Gasteiger partial charge is 0.307 e. The summed E-state index contributed by atoms with van der Waals surface area (Å²) in [6, 6.07) is 13.0. The Labute approximate surface area is 154 Å². The number of carboxylic acid groups (broad SMARTS) is 1. The lowest BCUT2D eigenvalue weighted by Crippen LogP contribution is -2.00. The van der Waals surface area contributed by atoms with E-state index in [4.69, 9.17) is 15.6 Å². The van der Waals surface area contributed by atoms with E-state index in [0.717, 1.165) is 10.4 Å². The highest BCUT2D eigenvalue weighted by Crippen LogP contribution is 2.34. The molecule has 3 aromatic rings. The number of aromatic nitrogens is 1. The number of nitrogens with two attached hydrogens (primary N) is 1. The molecular formula is C19H15N3O3S. The van der Waals surface area contributed by atoms with Gasteiger partial charge in [0.25, 0.3) is 0 Å². The molecule has 0 amide bonds. The monoisotopic (exact) mass is 365 g/mol. The topological polar surface area (TPSA) is 109 Å². The van der Waals surface area contributed by atoms with Gasteiger partial charge in [0.15, 0.2) is 0 Å². The van der Waals surface area contributed by atoms with Gasteiger partial charge in [0.1, 0.15) is 23.2 Å². The SMILES string of the molecule is COc1cccc(-c2cc(-c3cc(CC(=O)O)cs3)nc(N)c2C#N)c1. The maximum Gasteiger partial charge on any atom is 0.307 e. The van der Waals surface area contributed by atoms with Gasteiger partial charge >= 0.3 is 5.97 Å². The summed E-state index contributed by atoms with van der Waals surface area (Å²) in [5, 5.41) is 20.2. The Hall–Kier alpha value is -3.37. The van der Waals surface area contributed by atoms with Gasteiger partial charge in [0.05, 0.1) is 24.1 Å². The van der Waals surface area contributed by atoms with Crippen LogP contribution >= 0.6 is 11.3 Å². The van der Waals surface area contributed by atoms with Crippen molar-refractivity contribution < 1.29 is 14.6 Å². The average Bonchev–Trinajstić information content (AvgIpc) is 3.08. The molecule has 0 atom stereocenters. The molecule has 2 aromatic heterocycles. The number of carboxylic acids is 1. The fraction of sp³-hybridized carbons (Fsp3) is 0.105. The third-order valence-corrected chi connectivity index (χ3v) is 4.80. The Morgan fingerprint density at radius 3 is 2.88 bits per heavy atom. The molecule has 0 radical (unpaired) electrons. The number of carbonyl (C=O) groups is 1. The summed E-state index contributed by atoms with van der Waals surface area (Å²) in [6.07, 6.45) is -0.0506. The molecule has 0 aliphatic carbocycles. The van der Waals surface area contributed by atoms with Crippen molar-refractivity contribution in [3.63, 3.8) is 0 Å². The number of pyridine rings is 1. The van der Waals surface area contributed by atoms with Gasteiger partial charge in [-0.15, -0.1) is 11.3 Å². The summed E-state index contributed by atoms with van der Waals surface area (Å²) in [5.41, 5.74) is 9.05. The predicted octanol–water partition coefficient (Wildman–Crippen LogP) is 3.57. The van der Waals surface area contributed by atoms with Crippen molar-refractivity contribution in [1.82, 2.24) is 4.98 Å². The number of nitriles is 1. The van der Waals surface area contributed by atoms with Crippen LogP contribution in [0.2, 0.25) is 0 Å². The summed E-state index contributed by atoms with van der Waals surface area (Å²) in [4.78, 5) is 16.0. The van der Waals surface area contributed by atoms with Crippen LogP contribution < -0.4 is 10.5 Å². The number of aliphatic carboxylic acids is 1. The second-order valence-electron chi connectivity index (χ2n) is 5.55. The van der Waals surface area contributed by atoms with Crippen molar-refractivity contribution in [2.24, 2.45) is 0 Å². The Balaban J connectivity index is 2.11. The van der Waals surface area contributed by atoms with Crippen LogP contribution in [0.3, 0.4) is 0 Å². The van der Waals surface area contributed by atoms with Crippen molar-refractivity contribution in [2.45, 2.75) is 6.42 Å². The van der Waals surface area contributed by atoms with Gasteiger partial charge in [-0.1, -0.05) is 12.1 Å². The van der Waals surface area contributed by atoms with Gasteiger partial charge in [0.2, 0.25) is 0 Å². The molecule has 2 heterocycles. The van der Waals surface area contributed by atoms with Crippen LogP contribution in [0.25, 0.3) is 21.7 Å². The van der Waals surface area contributed by atoms with Crippen LogP contribution in [-0.4, -0.2) is 23.2 Å². The molecule has 26 heavy (non-hydrogen) atoms. The van der Waals surface area contributed by atoms with E-state index in [0.29, 0.717) is 28.1 Å². The first kappa shape index (κ1) is 17.5. The fourth-order valence-electron chi connectivity index (χ4n) is 2.60. The maximum absolute atomic E-state index is 10.9. The van der Waals surface area contributed by atoms with Crippen LogP contribution in [0.1, 0.15) is 11.1 Å². The van der Waals surface area contributed by atoms with E-state index in [1.807, 2.05) is 24.3 Å². The van der Waals surface area contributed by atoms with Gasteiger partial charge in [-0.25, -0.2) is 4.98 Å². The number of benzene rings is 1. The summed E-state index contributed by atoms with van der Waals surface area (Å²) in [6.45, 7) is 0. The molecule has 0 bridgehead atoms. The zero-order valence-corrected chi connectivity index (χ0v) is 14.7. The van der Waals surface area contributed by atoms with Gasteiger partial charge in [-0.3, -0.25) is 4.79 Å². The van der Waals surface area contributed by atoms with E-state index in [9.17, 15) is 10.1 Å². The van der Waals surface area contributed by atoms with Crippen LogP contribution in [0.15, 0.2) is 41.8 Å². The van der Waals surface area contributed by atoms with E-state index < -0.39 is 5.97 Å². The molecule has 130 valence electrons. The predicted molar refractivity (Wildman–Crippen MR) is 100 cm³/mol. The molecule has 0 unspecified atom stereocenters. The largest absolute Gasteiger partial charge is 0.497 e. The third-order valence-electron chi connectivity index (χ3n) is 3.80. The number of rotatable bonds is 5. The lowest BCUT2D eigenvalue weighted by molar-refractivity contribution is -0.136. The molecule has 0 aliphatic heterocycles. The van der Waals surface area contributed by atoms with E-state index in [-0.39, 0.29) is 12.2 Å². The van der Waals surface area contributed by atoms with Crippen molar-refractivity contribution >= 4 is 23.1 Å². The number of nitrogens with zero attached hydrogens (tertiary/aromatic N) is 2. The summed E-state index contributed by atoms with van der Waals surface area (Å²) < 4.78 is 5.25. The number of ether oxygens (including phenoxy) is 1. The molecule has 0 spiro atoms. The molecule has 3 rings (SSSR count). The van der Waals surface area contributed by atoms with E-state index in [2.05, 4.69) is 11.1 Å². The third kappa shape index (κ3) is 3.50. The number of hydrogen-bond acceptors (Lipinski definition) is 6. The summed E-state index contributed by atoms with van der Waals surface area (Å²) in [5.74, 6) is -0.0853. The molecule has 0 saturated carbocycles. The summed E-state index contributed by atoms with van der Waals surface area (Å²) >= 11 is 1.39. The van der Waals surface area contributed by atoms with E-state index >= 15 is 0 Å². The first-order chi connectivity index (χ1) is 12.5. The molecule has 3 N–H and O–H groups in total. The standard InChI is InChI=1S/C19H15N3O3S/c1-25-13-4-2-3-12(7-13)14-8-16(22-19(21)15(14)9-20)17-5-11(10-26-17)6-18(23)24/h2-5,7-8,10H,6H2,1H3,(H2,21,22)(H,23,24). The minimum atomic E-state index is -0.890. The normalized spacial score (nSPS) is 10.3. The number of anilines is 1. The second-order valence-corrected chi connectivity index (χ2v) is 6.46. The molecule has 7 heteroatoms. The van der Waals surface area contributed by atoms with Crippen molar-refractivity contribution in [3.8, 4) is 33.5 Å². The Morgan fingerprint density at radius 1 is 1.38 bits per heavy atom. The molecular weight excluding hydrogens is 350 g/mol. The van der Waals surface area contributed by atoms with Crippen molar-refractivity contribution in [2.75, 3.05) is 12.8 Å². The summed E-state index contributed by atoms with van der Waals surface area (Å²) in [7, 11) is 1.58. The van der Waals surface area contributed by atoms with Crippen LogP contribution in [0.5, 0.6) is 5.75 Å². The lowest BCUT2D eigenvalue weighted by Gasteiger charge is -2.10. The van der Waals surface area contributed by atoms with Crippen LogP contribution in [0.4, 0.5) is 5.82 Å². The van der Waals surface area contributed by atoms with Crippen LogP contribution in [0, 0.1) is 11.3 Å². The highest BCUT2D eigenvalue weighted by molar-refractivity contribution is 7.13. The van der Waals surface area contributed by atoms with Gasteiger partial charge in [-0.05, 0) is 40.8 Å². The molecule has 1 aromatic carbocycles. The average molecular weight is 365 g/mol. The zero-order chi connectivity index (χ0) is 18.7. The number of methoxy groups -OCH3 is 1. The first-order valence-corrected chi connectivity index (χ1v) is 8.54. The second kappa shape index (κ2) is 7.25. The van der Waals surface area contributed by atoms with Crippen molar-refractivity contribution in [3.05, 3.63) is 52.9 Å². The zero-order valence-electron chi connectivity index (χ0n) is 13.9. The van der Waals surface area contributed by atoms with E-state index in [1.165, 1.54) is 11.3 Å². The fourth-order valence-corrected chi connectivity index (χ4v) is 3.48. The van der Waals surface area contributed by atoms with Gasteiger partial charge < -0.3 is 15.6 Å². The van der Waals surface area contributed by atoms with Crippen LogP contribution in [-0.2, 0) is 11.2 Å². The quantitative estimate of drug-likeness (QED) is 0.715. The minimum Gasteiger partial charge on any atom is -0.497 e. The highest BCUT2D eigenvalue weighted by atomic mass is 32.1. The van der Waals surface area contributed by atoms with Gasteiger partial charge in [-0.2, -0.15) is 5.26 Å². The molecule has 6 nitrogen and oxygen atoms in total. The maximum atomic E-state index is 10.9. The number of nitrogen functional groups attached to an aromatic ring is 1. The molecule has 0 fully saturated rings. The molecule has 0 saturated heterocycles. The lowest BCUT2D eigenvalue weighted by atomic mass is 9.99. The highest BCUT2D eigenvalue weighted by Gasteiger charge is 2.15. The number of thiophene rings is 1.